The molecule has 200 valence electrons. The first-order valence-corrected chi connectivity index (χ1v) is 12.1. The van der Waals surface area contributed by atoms with Gasteiger partial charge in [0.25, 0.3) is 0 Å². The van der Waals surface area contributed by atoms with Crippen LogP contribution in [-0.2, 0) is 33.7 Å². The molecule has 0 atom stereocenters. The third kappa shape index (κ3) is 8.93. The molecule has 0 radical (unpaired) electrons. The molecule has 0 aliphatic carbocycles. The van der Waals surface area contributed by atoms with E-state index in [0.29, 0.717) is 37.1 Å². The first kappa shape index (κ1) is 27.7. The summed E-state index contributed by atoms with van der Waals surface area (Å²) in [7, 11) is 0. The van der Waals surface area contributed by atoms with Crippen molar-refractivity contribution in [3.8, 4) is 0 Å². The summed E-state index contributed by atoms with van der Waals surface area (Å²) in [6.45, 7) is 9.43. The van der Waals surface area contributed by atoms with Crippen molar-refractivity contribution >= 4 is 23.8 Å². The Labute approximate surface area is 216 Å². The second-order valence-corrected chi connectivity index (χ2v) is 9.75. The van der Waals surface area contributed by atoms with Gasteiger partial charge in [0.05, 0.1) is 11.9 Å². The van der Waals surface area contributed by atoms with E-state index in [1.807, 2.05) is 23.2 Å². The number of aromatic nitrogens is 1. The monoisotopic (exact) mass is 515 g/mol. The molecule has 3 amide bonds. The zero-order valence-electron chi connectivity index (χ0n) is 21.7. The first-order valence-electron chi connectivity index (χ1n) is 12.1. The van der Waals surface area contributed by atoms with Gasteiger partial charge in [0.1, 0.15) is 18.0 Å². The number of nitrogens with one attached hydrogen (secondary N) is 2. The van der Waals surface area contributed by atoms with Crippen molar-refractivity contribution in [2.75, 3.05) is 31.1 Å². The second-order valence-electron chi connectivity index (χ2n) is 9.75. The minimum absolute atomic E-state index is 0.0963. The number of piperazine rings is 1. The van der Waals surface area contributed by atoms with Gasteiger partial charge in [-0.3, -0.25) is 9.78 Å². The first-order chi connectivity index (χ1) is 17.5. The highest BCUT2D eigenvalue weighted by atomic mass is 19.1. The van der Waals surface area contributed by atoms with E-state index in [4.69, 9.17) is 9.47 Å². The Morgan fingerprint density at radius 2 is 1.70 bits per heavy atom. The summed E-state index contributed by atoms with van der Waals surface area (Å²) >= 11 is 0. The molecule has 0 unspecified atom stereocenters. The molecule has 2 heterocycles. The fraction of sp³-hybridized carbons (Fsp3) is 0.462. The van der Waals surface area contributed by atoms with Gasteiger partial charge in [-0.1, -0.05) is 12.1 Å². The van der Waals surface area contributed by atoms with Gasteiger partial charge in [0.2, 0.25) is 5.91 Å². The molecule has 2 N–H and O–H groups in total. The van der Waals surface area contributed by atoms with Crippen molar-refractivity contribution < 1.29 is 28.2 Å². The molecule has 0 saturated carbocycles. The van der Waals surface area contributed by atoms with Crippen LogP contribution in [0.1, 0.15) is 44.5 Å². The third-order valence-electron chi connectivity index (χ3n) is 5.70. The smallest absolute Gasteiger partial charge is 0.426 e. The predicted octanol–water partition coefficient (Wildman–Crippen LogP) is 3.34. The Bertz CT molecular complexity index is 1100. The molecule has 2 aromatic rings. The molecule has 3 rings (SSSR count). The summed E-state index contributed by atoms with van der Waals surface area (Å²) in [5, 5.41) is 0. The summed E-state index contributed by atoms with van der Waals surface area (Å²) < 4.78 is 24.6. The van der Waals surface area contributed by atoms with Crippen LogP contribution >= 0.6 is 0 Å². The summed E-state index contributed by atoms with van der Waals surface area (Å²) in [4.78, 5) is 43.3. The van der Waals surface area contributed by atoms with Gasteiger partial charge in [-0.2, -0.15) is 0 Å². The summed E-state index contributed by atoms with van der Waals surface area (Å²) in [6, 6.07) is 8.61. The Morgan fingerprint density at radius 1 is 1.00 bits per heavy atom. The molecular weight excluding hydrogens is 481 g/mol. The summed E-state index contributed by atoms with van der Waals surface area (Å²) in [6.07, 6.45) is 1.14. The maximum absolute atomic E-state index is 14.6. The number of halogens is 1. The molecule has 1 aromatic heterocycles. The van der Waals surface area contributed by atoms with Gasteiger partial charge in [0.15, 0.2) is 0 Å². The lowest BCUT2D eigenvalue weighted by Gasteiger charge is -2.35. The van der Waals surface area contributed by atoms with Crippen molar-refractivity contribution in [1.29, 1.82) is 0 Å². The standard InChI is InChI=1S/C26H34FN5O5/c1-18(33)31-11-13-32(14-12-31)22-10-9-21(28-16-22)8-7-20-6-5-19(15-23(20)27)17-36-24(34)29-30-25(35)37-26(2,3)4/h5-6,9-10,15-16H,7-8,11-14,17H2,1-4H3,(H,29,34)(H,30,35). The number of carbonyl (C=O) groups excluding carboxylic acids is 3. The van der Waals surface area contributed by atoms with E-state index in [9.17, 15) is 18.8 Å². The van der Waals surface area contributed by atoms with E-state index < -0.39 is 23.6 Å². The molecule has 0 spiro atoms. The Hall–Kier alpha value is -3.89. The van der Waals surface area contributed by atoms with Crippen molar-refractivity contribution in [3.63, 3.8) is 0 Å². The highest BCUT2D eigenvalue weighted by Gasteiger charge is 2.19. The zero-order valence-corrected chi connectivity index (χ0v) is 21.7. The van der Waals surface area contributed by atoms with Crippen LogP contribution in [0.15, 0.2) is 36.5 Å². The average Bonchev–Trinajstić information content (AvgIpc) is 2.85. The number of carbonyl (C=O) groups is 3. The quantitative estimate of drug-likeness (QED) is 0.568. The summed E-state index contributed by atoms with van der Waals surface area (Å²) in [5.41, 5.74) is 6.30. The SMILES string of the molecule is CC(=O)N1CCN(c2ccc(CCc3ccc(COC(=O)NNC(=O)OC(C)(C)C)cc3F)nc2)CC1. The lowest BCUT2D eigenvalue weighted by molar-refractivity contribution is -0.129. The van der Waals surface area contributed by atoms with Crippen molar-refractivity contribution in [2.24, 2.45) is 0 Å². The number of pyridine rings is 1. The molecule has 1 aliphatic rings. The number of rotatable bonds is 6. The highest BCUT2D eigenvalue weighted by molar-refractivity contribution is 5.74. The third-order valence-corrected chi connectivity index (χ3v) is 5.70. The molecule has 1 aromatic carbocycles. The number of ether oxygens (including phenoxy) is 2. The second kappa shape index (κ2) is 12.4. The Kier molecular flexibility index (Phi) is 9.26. The molecule has 11 heteroatoms. The number of hydrogen-bond acceptors (Lipinski definition) is 7. The maximum atomic E-state index is 14.6. The Balaban J connectivity index is 1.42. The number of benzene rings is 1. The average molecular weight is 516 g/mol. The van der Waals surface area contributed by atoms with Gasteiger partial charge >= 0.3 is 12.2 Å². The van der Waals surface area contributed by atoms with Crippen LogP contribution in [0, 0.1) is 5.82 Å². The molecule has 1 saturated heterocycles. The van der Waals surface area contributed by atoms with Crippen LogP contribution in [0.2, 0.25) is 0 Å². The minimum atomic E-state index is -0.898. The van der Waals surface area contributed by atoms with Crippen LogP contribution in [0.5, 0.6) is 0 Å². The molecule has 10 nitrogen and oxygen atoms in total. The number of hydrogen-bond donors (Lipinski definition) is 2. The highest BCUT2D eigenvalue weighted by Crippen LogP contribution is 2.18. The van der Waals surface area contributed by atoms with E-state index in [2.05, 4.69) is 20.7 Å². The van der Waals surface area contributed by atoms with Crippen molar-refractivity contribution in [2.45, 2.75) is 52.7 Å². The fourth-order valence-corrected chi connectivity index (χ4v) is 3.77. The molecule has 37 heavy (non-hydrogen) atoms. The fourth-order valence-electron chi connectivity index (χ4n) is 3.77. The van der Waals surface area contributed by atoms with Crippen molar-refractivity contribution in [1.82, 2.24) is 20.7 Å². The molecule has 0 bridgehead atoms. The van der Waals surface area contributed by atoms with E-state index in [0.717, 1.165) is 24.5 Å². The van der Waals surface area contributed by atoms with Crippen LogP contribution in [0.3, 0.4) is 0 Å². The van der Waals surface area contributed by atoms with Crippen LogP contribution in [0.4, 0.5) is 19.7 Å². The number of nitrogens with zero attached hydrogens (tertiary/aromatic N) is 3. The molecule has 1 fully saturated rings. The summed E-state index contributed by atoms with van der Waals surface area (Å²) in [5.74, 6) is -0.299. The molecule has 1 aliphatic heterocycles. The van der Waals surface area contributed by atoms with Gasteiger partial charge in [-0.25, -0.2) is 24.8 Å². The van der Waals surface area contributed by atoms with E-state index in [1.165, 1.54) is 6.07 Å². The van der Waals surface area contributed by atoms with Crippen LogP contribution in [0.25, 0.3) is 0 Å². The predicted molar refractivity (Wildman–Crippen MR) is 135 cm³/mol. The van der Waals surface area contributed by atoms with E-state index >= 15 is 0 Å². The van der Waals surface area contributed by atoms with E-state index in [1.54, 1.807) is 39.8 Å². The lowest BCUT2D eigenvalue weighted by Crippen LogP contribution is -2.48. The van der Waals surface area contributed by atoms with Crippen LogP contribution < -0.4 is 15.8 Å². The van der Waals surface area contributed by atoms with Crippen LogP contribution in [-0.4, -0.2) is 59.8 Å². The topological polar surface area (TPSA) is 113 Å². The van der Waals surface area contributed by atoms with Gasteiger partial charge in [0, 0.05) is 38.8 Å². The normalized spacial score (nSPS) is 13.6. The largest absolute Gasteiger partial charge is 0.443 e. The zero-order chi connectivity index (χ0) is 27.0. The number of aryl methyl sites for hydroxylation is 2. The van der Waals surface area contributed by atoms with Gasteiger partial charge in [-0.15, -0.1) is 0 Å². The minimum Gasteiger partial charge on any atom is -0.443 e. The van der Waals surface area contributed by atoms with E-state index in [-0.39, 0.29) is 12.5 Å². The number of amides is 3. The van der Waals surface area contributed by atoms with Crippen molar-refractivity contribution in [3.05, 3.63) is 59.2 Å². The maximum Gasteiger partial charge on any atom is 0.426 e. The van der Waals surface area contributed by atoms with Gasteiger partial charge < -0.3 is 19.3 Å². The number of anilines is 1. The Morgan fingerprint density at radius 3 is 2.30 bits per heavy atom. The lowest BCUT2D eigenvalue weighted by atomic mass is 10.0. The number of hydrazine groups is 1. The van der Waals surface area contributed by atoms with Gasteiger partial charge in [-0.05, 0) is 62.9 Å². The molecular formula is C26H34FN5O5.